The van der Waals surface area contributed by atoms with Crippen molar-refractivity contribution in [3.8, 4) is 18.2 Å². The van der Waals surface area contributed by atoms with Crippen LogP contribution in [0.25, 0.3) is 0 Å². The van der Waals surface area contributed by atoms with Crippen molar-refractivity contribution in [1.82, 2.24) is 0 Å². The van der Waals surface area contributed by atoms with E-state index in [1.807, 2.05) is 0 Å². The Labute approximate surface area is 121 Å². The van der Waals surface area contributed by atoms with Gasteiger partial charge in [0.05, 0.1) is 0 Å². The van der Waals surface area contributed by atoms with E-state index in [0.29, 0.717) is 11.4 Å². The molecular formula is C15H11N5O. The number of nitriles is 3. The molecular weight excluding hydrogens is 266 g/mol. The number of amides is 1. The lowest BCUT2D eigenvalue weighted by Gasteiger charge is -2.08. The van der Waals surface area contributed by atoms with Gasteiger partial charge in [0.25, 0.3) is 0 Å². The minimum atomic E-state index is -0.287. The van der Waals surface area contributed by atoms with Crippen LogP contribution in [0.5, 0.6) is 0 Å². The highest BCUT2D eigenvalue weighted by Gasteiger charge is 2.29. The van der Waals surface area contributed by atoms with E-state index >= 15 is 0 Å². The minimum absolute atomic E-state index is 0.0158. The summed E-state index contributed by atoms with van der Waals surface area (Å²) in [6, 6.07) is 11.9. The lowest BCUT2D eigenvalue weighted by Crippen LogP contribution is -2.13. The maximum absolute atomic E-state index is 11.7. The molecule has 0 aromatic heterocycles. The van der Waals surface area contributed by atoms with Crippen LogP contribution in [0.15, 0.2) is 35.5 Å². The molecule has 0 heterocycles. The third-order valence-corrected chi connectivity index (χ3v) is 2.93. The molecule has 0 spiro atoms. The molecule has 1 aromatic carbocycles. The predicted octanol–water partition coefficient (Wildman–Crippen LogP) is 2.27. The fourth-order valence-electron chi connectivity index (χ4n) is 1.69. The number of carbonyl (C=O) groups is 1. The molecule has 0 saturated heterocycles. The van der Waals surface area contributed by atoms with Crippen LogP contribution in [-0.2, 0) is 4.79 Å². The van der Waals surface area contributed by atoms with Crippen LogP contribution in [-0.4, -0.2) is 5.91 Å². The predicted molar refractivity (Wildman–Crippen MR) is 75.3 cm³/mol. The van der Waals surface area contributed by atoms with Gasteiger partial charge in [0.2, 0.25) is 5.91 Å². The zero-order valence-electron chi connectivity index (χ0n) is 11.1. The Morgan fingerprint density at radius 1 is 1.05 bits per heavy atom. The van der Waals surface area contributed by atoms with Crippen molar-refractivity contribution >= 4 is 17.3 Å². The molecule has 6 nitrogen and oxygen atoms in total. The van der Waals surface area contributed by atoms with Crippen LogP contribution >= 0.6 is 0 Å². The number of carbonyl (C=O) groups excluding carboxylic acids is 1. The van der Waals surface area contributed by atoms with Crippen molar-refractivity contribution in [2.45, 2.75) is 12.8 Å². The molecule has 1 fully saturated rings. The highest BCUT2D eigenvalue weighted by molar-refractivity contribution is 5.94. The average molecular weight is 277 g/mol. The maximum atomic E-state index is 11.7. The Bertz CT molecular complexity index is 710. The van der Waals surface area contributed by atoms with Crippen LogP contribution in [0, 0.1) is 39.9 Å². The number of hydrogen-bond acceptors (Lipinski definition) is 5. The summed E-state index contributed by atoms with van der Waals surface area (Å²) in [5.41, 5.74) is 0.711. The summed E-state index contributed by atoms with van der Waals surface area (Å²) in [6.07, 6.45) is 1.83. The van der Waals surface area contributed by atoms with Gasteiger partial charge < -0.3 is 10.6 Å². The van der Waals surface area contributed by atoms with Crippen LogP contribution in [0.2, 0.25) is 0 Å². The second-order valence-electron chi connectivity index (χ2n) is 4.55. The lowest BCUT2D eigenvalue weighted by atomic mass is 10.2. The number of rotatable bonds is 4. The Kier molecular flexibility index (Phi) is 4.19. The molecule has 2 rings (SSSR count). The SMILES string of the molecule is N#CC(C#N)=C(C#N)Nc1cccc(NC(=O)C2CC2)c1. The third-order valence-electron chi connectivity index (χ3n) is 2.93. The van der Waals surface area contributed by atoms with Crippen LogP contribution in [0.4, 0.5) is 11.4 Å². The third kappa shape index (κ3) is 3.59. The maximum Gasteiger partial charge on any atom is 0.227 e. The second-order valence-corrected chi connectivity index (χ2v) is 4.55. The van der Waals surface area contributed by atoms with Gasteiger partial charge in [0.15, 0.2) is 5.57 Å². The van der Waals surface area contributed by atoms with Gasteiger partial charge in [-0.25, -0.2) is 0 Å². The first kappa shape index (κ1) is 14.1. The molecule has 2 N–H and O–H groups in total. The minimum Gasteiger partial charge on any atom is -0.345 e. The van der Waals surface area contributed by atoms with Gasteiger partial charge in [-0.2, -0.15) is 15.8 Å². The lowest BCUT2D eigenvalue weighted by molar-refractivity contribution is -0.117. The van der Waals surface area contributed by atoms with Gasteiger partial charge in [-0.05, 0) is 31.0 Å². The molecule has 1 aliphatic rings. The van der Waals surface area contributed by atoms with Gasteiger partial charge in [0.1, 0.15) is 23.9 Å². The molecule has 0 aliphatic heterocycles. The number of allylic oxidation sites excluding steroid dienone is 2. The summed E-state index contributed by atoms with van der Waals surface area (Å²) in [7, 11) is 0. The van der Waals surface area contributed by atoms with Gasteiger partial charge in [-0.15, -0.1) is 0 Å². The van der Waals surface area contributed by atoms with Crippen molar-refractivity contribution in [2.75, 3.05) is 10.6 Å². The number of anilines is 2. The quantitative estimate of drug-likeness (QED) is 0.820. The van der Waals surface area contributed by atoms with Crippen molar-refractivity contribution < 1.29 is 4.79 Å². The Morgan fingerprint density at radius 2 is 1.67 bits per heavy atom. The molecule has 1 aliphatic carbocycles. The molecule has 102 valence electrons. The van der Waals surface area contributed by atoms with E-state index in [1.54, 1.807) is 42.5 Å². The second kappa shape index (κ2) is 6.23. The van der Waals surface area contributed by atoms with Crippen molar-refractivity contribution in [3.05, 3.63) is 35.5 Å². The summed E-state index contributed by atoms with van der Waals surface area (Å²) in [4.78, 5) is 11.7. The molecule has 0 radical (unpaired) electrons. The van der Waals surface area contributed by atoms with E-state index < -0.39 is 0 Å². The molecule has 1 aromatic rings. The summed E-state index contributed by atoms with van der Waals surface area (Å²) in [5.74, 6) is 0.0814. The van der Waals surface area contributed by atoms with Crippen LogP contribution in [0.1, 0.15) is 12.8 Å². The van der Waals surface area contributed by atoms with E-state index in [1.165, 1.54) is 0 Å². The van der Waals surface area contributed by atoms with Gasteiger partial charge in [-0.3, -0.25) is 4.79 Å². The summed E-state index contributed by atoms with van der Waals surface area (Å²) >= 11 is 0. The van der Waals surface area contributed by atoms with Gasteiger partial charge in [0, 0.05) is 17.3 Å². The molecule has 6 heteroatoms. The molecule has 0 unspecified atom stereocenters. The van der Waals surface area contributed by atoms with E-state index in [9.17, 15) is 4.79 Å². The summed E-state index contributed by atoms with van der Waals surface area (Å²) < 4.78 is 0. The van der Waals surface area contributed by atoms with E-state index in [-0.39, 0.29) is 23.1 Å². The molecule has 0 atom stereocenters. The number of hydrogen-bond donors (Lipinski definition) is 2. The van der Waals surface area contributed by atoms with Crippen LogP contribution in [0.3, 0.4) is 0 Å². The van der Waals surface area contributed by atoms with Gasteiger partial charge >= 0.3 is 0 Å². The Balaban J connectivity index is 2.16. The van der Waals surface area contributed by atoms with E-state index in [4.69, 9.17) is 15.8 Å². The number of nitrogens with one attached hydrogen (secondary N) is 2. The van der Waals surface area contributed by atoms with E-state index in [2.05, 4.69) is 10.6 Å². The first-order chi connectivity index (χ1) is 10.2. The summed E-state index contributed by atoms with van der Waals surface area (Å²) in [5, 5.41) is 32.0. The molecule has 21 heavy (non-hydrogen) atoms. The Morgan fingerprint density at radius 3 is 2.19 bits per heavy atom. The van der Waals surface area contributed by atoms with Crippen molar-refractivity contribution in [2.24, 2.45) is 5.92 Å². The zero-order chi connectivity index (χ0) is 15.2. The standard InChI is InChI=1S/C15H11N5O/c16-7-11(8-17)14(9-18)19-12-2-1-3-13(6-12)20-15(21)10-4-5-10/h1-3,6,10,19H,4-5H2,(H,20,21). The normalized spacial score (nSPS) is 12.2. The monoisotopic (exact) mass is 277 g/mol. The van der Waals surface area contributed by atoms with Crippen molar-refractivity contribution in [1.29, 1.82) is 15.8 Å². The Hall–Kier alpha value is -3.30. The molecule has 0 bridgehead atoms. The fourth-order valence-corrected chi connectivity index (χ4v) is 1.69. The zero-order valence-corrected chi connectivity index (χ0v) is 11.1. The fraction of sp³-hybridized carbons (Fsp3) is 0.200. The summed E-state index contributed by atoms with van der Waals surface area (Å²) in [6.45, 7) is 0. The average Bonchev–Trinajstić information content (AvgIpc) is 3.32. The van der Waals surface area contributed by atoms with Crippen molar-refractivity contribution in [3.63, 3.8) is 0 Å². The topological polar surface area (TPSA) is 112 Å². The number of nitrogens with zero attached hydrogens (tertiary/aromatic N) is 3. The molecule has 1 saturated carbocycles. The smallest absolute Gasteiger partial charge is 0.227 e. The first-order valence-electron chi connectivity index (χ1n) is 6.30. The highest BCUT2D eigenvalue weighted by atomic mass is 16.2. The highest BCUT2D eigenvalue weighted by Crippen LogP contribution is 2.30. The number of benzene rings is 1. The van der Waals surface area contributed by atoms with Gasteiger partial charge in [-0.1, -0.05) is 6.07 Å². The largest absolute Gasteiger partial charge is 0.345 e. The molecule has 1 amide bonds. The van der Waals surface area contributed by atoms with E-state index in [0.717, 1.165) is 12.8 Å². The van der Waals surface area contributed by atoms with Crippen LogP contribution < -0.4 is 10.6 Å². The first-order valence-corrected chi connectivity index (χ1v) is 6.30.